The predicted molar refractivity (Wildman–Crippen MR) is 109 cm³/mol. The van der Waals surface area contributed by atoms with Gasteiger partial charge in [-0.2, -0.15) is 0 Å². The van der Waals surface area contributed by atoms with E-state index in [4.69, 9.17) is 4.74 Å². The summed E-state index contributed by atoms with van der Waals surface area (Å²) in [7, 11) is 0. The fourth-order valence-corrected chi connectivity index (χ4v) is 3.28. The maximum Gasteiger partial charge on any atom is 0.276 e. The van der Waals surface area contributed by atoms with Gasteiger partial charge in [0.1, 0.15) is 5.75 Å². The molecule has 0 saturated heterocycles. The average Bonchev–Trinajstić information content (AvgIpc) is 2.65. The Balaban J connectivity index is 1.70. The molecule has 144 valence electrons. The van der Waals surface area contributed by atoms with Gasteiger partial charge in [0.05, 0.1) is 0 Å². The number of hydrogen-bond acceptors (Lipinski definition) is 4. The predicted octanol–water partition coefficient (Wildman–Crippen LogP) is 3.83. The van der Waals surface area contributed by atoms with E-state index >= 15 is 0 Å². The van der Waals surface area contributed by atoms with Crippen molar-refractivity contribution >= 4 is 23.6 Å². The third kappa shape index (κ3) is 7.35. The molecule has 0 fully saturated rings. The summed E-state index contributed by atoms with van der Waals surface area (Å²) in [5.74, 6) is 1.01. The second-order valence-corrected chi connectivity index (χ2v) is 7.66. The van der Waals surface area contributed by atoms with Crippen molar-refractivity contribution in [3.63, 3.8) is 0 Å². The number of carbonyl (C=O) groups is 2. The number of carbonyl (C=O) groups excluding carboxylic acids is 2. The van der Waals surface area contributed by atoms with Crippen LogP contribution in [-0.2, 0) is 9.59 Å². The summed E-state index contributed by atoms with van der Waals surface area (Å²) in [4.78, 5) is 24.9. The van der Waals surface area contributed by atoms with Crippen LogP contribution in [0.5, 0.6) is 5.75 Å². The van der Waals surface area contributed by atoms with Crippen molar-refractivity contribution in [3.05, 3.63) is 59.7 Å². The molecule has 0 aliphatic rings. The molecule has 2 aromatic carbocycles. The molecule has 0 spiro atoms. The first-order valence-corrected chi connectivity index (χ1v) is 9.93. The van der Waals surface area contributed by atoms with E-state index in [9.17, 15) is 9.59 Å². The van der Waals surface area contributed by atoms with Crippen LogP contribution in [0, 0.1) is 6.92 Å². The standard InChI is InChI=1S/C21H26N2O3S/c1-15(2)18-10-9-16(3)13-19(18)26-14-21(25)23-22-20(24)11-12-27-17-7-5-4-6-8-17/h4-10,13,15H,11-12,14H2,1-3H3,(H,22,24)(H,23,25). The molecule has 0 aliphatic carbocycles. The zero-order valence-electron chi connectivity index (χ0n) is 16.0. The first-order chi connectivity index (χ1) is 13.0. The van der Waals surface area contributed by atoms with E-state index in [-0.39, 0.29) is 12.5 Å². The minimum atomic E-state index is -0.393. The molecule has 0 atom stereocenters. The largest absolute Gasteiger partial charge is 0.483 e. The molecule has 0 unspecified atom stereocenters. The van der Waals surface area contributed by atoms with Crippen molar-refractivity contribution in [2.75, 3.05) is 12.4 Å². The van der Waals surface area contributed by atoms with Crippen molar-refractivity contribution in [2.45, 2.75) is 38.0 Å². The van der Waals surface area contributed by atoms with Crippen molar-refractivity contribution in [3.8, 4) is 5.75 Å². The van der Waals surface area contributed by atoms with Crippen LogP contribution in [0.15, 0.2) is 53.4 Å². The Labute approximate surface area is 164 Å². The molecule has 0 radical (unpaired) electrons. The molecule has 6 heteroatoms. The van der Waals surface area contributed by atoms with Crippen LogP contribution in [-0.4, -0.2) is 24.2 Å². The van der Waals surface area contributed by atoms with Gasteiger partial charge in [0.25, 0.3) is 5.91 Å². The molecular weight excluding hydrogens is 360 g/mol. The van der Waals surface area contributed by atoms with Gasteiger partial charge in [-0.25, -0.2) is 0 Å². The van der Waals surface area contributed by atoms with E-state index in [0.29, 0.717) is 23.8 Å². The highest BCUT2D eigenvalue weighted by atomic mass is 32.2. The normalized spacial score (nSPS) is 10.5. The summed E-state index contributed by atoms with van der Waals surface area (Å²) in [5, 5.41) is 0. The Morgan fingerprint density at radius 3 is 2.44 bits per heavy atom. The molecule has 0 aromatic heterocycles. The van der Waals surface area contributed by atoms with Crippen molar-refractivity contribution in [1.82, 2.24) is 10.9 Å². The number of thioether (sulfide) groups is 1. The maximum absolute atomic E-state index is 11.9. The van der Waals surface area contributed by atoms with E-state index < -0.39 is 5.91 Å². The first-order valence-electron chi connectivity index (χ1n) is 8.94. The van der Waals surface area contributed by atoms with Crippen molar-refractivity contribution in [1.29, 1.82) is 0 Å². The van der Waals surface area contributed by atoms with Gasteiger partial charge in [-0.1, -0.05) is 44.2 Å². The highest BCUT2D eigenvalue weighted by Crippen LogP contribution is 2.27. The number of nitrogens with one attached hydrogen (secondary N) is 2. The monoisotopic (exact) mass is 386 g/mol. The summed E-state index contributed by atoms with van der Waals surface area (Å²) in [6, 6.07) is 15.8. The van der Waals surface area contributed by atoms with Crippen LogP contribution < -0.4 is 15.6 Å². The fourth-order valence-electron chi connectivity index (χ4n) is 2.40. The molecular formula is C21H26N2O3S. The summed E-state index contributed by atoms with van der Waals surface area (Å²) >= 11 is 1.60. The Morgan fingerprint density at radius 2 is 1.74 bits per heavy atom. The van der Waals surface area contributed by atoms with Gasteiger partial charge in [-0.3, -0.25) is 20.4 Å². The van der Waals surface area contributed by atoms with Crippen molar-refractivity contribution in [2.24, 2.45) is 0 Å². The Morgan fingerprint density at radius 1 is 1.04 bits per heavy atom. The number of hydrogen-bond donors (Lipinski definition) is 2. The molecule has 2 aromatic rings. The highest BCUT2D eigenvalue weighted by molar-refractivity contribution is 7.99. The van der Waals surface area contributed by atoms with Crippen LogP contribution in [0.3, 0.4) is 0 Å². The summed E-state index contributed by atoms with van der Waals surface area (Å²) in [6.07, 6.45) is 0.316. The summed E-state index contributed by atoms with van der Waals surface area (Å²) < 4.78 is 5.64. The molecule has 2 rings (SSSR count). The molecule has 0 saturated carbocycles. The molecule has 2 amide bonds. The van der Waals surface area contributed by atoms with E-state index in [1.807, 2.05) is 55.5 Å². The molecule has 27 heavy (non-hydrogen) atoms. The Hall–Kier alpha value is -2.47. The zero-order chi connectivity index (χ0) is 19.6. The van der Waals surface area contributed by atoms with Gasteiger partial charge in [0, 0.05) is 17.1 Å². The molecule has 0 bridgehead atoms. The Bertz CT molecular complexity index is 763. The zero-order valence-corrected chi connectivity index (χ0v) is 16.8. The van der Waals surface area contributed by atoms with E-state index in [1.54, 1.807) is 11.8 Å². The minimum Gasteiger partial charge on any atom is -0.483 e. The first kappa shape index (κ1) is 20.8. The van der Waals surface area contributed by atoms with E-state index in [1.165, 1.54) is 0 Å². The summed E-state index contributed by atoms with van der Waals surface area (Å²) in [5.41, 5.74) is 6.93. The maximum atomic E-state index is 11.9. The number of ether oxygens (including phenoxy) is 1. The lowest BCUT2D eigenvalue weighted by atomic mass is 10.0. The third-order valence-corrected chi connectivity index (χ3v) is 4.85. The van der Waals surface area contributed by atoms with Crippen LogP contribution in [0.2, 0.25) is 0 Å². The van der Waals surface area contributed by atoms with Gasteiger partial charge in [0.2, 0.25) is 5.91 Å². The third-order valence-electron chi connectivity index (χ3n) is 3.83. The summed E-state index contributed by atoms with van der Waals surface area (Å²) in [6.45, 7) is 5.98. The number of amides is 2. The lowest BCUT2D eigenvalue weighted by Gasteiger charge is -2.15. The quantitative estimate of drug-likeness (QED) is 0.534. The number of rotatable bonds is 8. The molecule has 5 nitrogen and oxygen atoms in total. The molecule has 2 N–H and O–H groups in total. The lowest BCUT2D eigenvalue weighted by molar-refractivity contribution is -0.129. The second kappa shape index (κ2) is 10.6. The minimum absolute atomic E-state index is 0.151. The molecule has 0 heterocycles. The Kier molecular flexibility index (Phi) is 8.20. The highest BCUT2D eigenvalue weighted by Gasteiger charge is 2.11. The second-order valence-electron chi connectivity index (χ2n) is 6.49. The van der Waals surface area contributed by atoms with Crippen LogP contribution in [0.25, 0.3) is 0 Å². The van der Waals surface area contributed by atoms with Crippen LogP contribution in [0.1, 0.15) is 37.3 Å². The van der Waals surface area contributed by atoms with E-state index in [2.05, 4.69) is 24.7 Å². The van der Waals surface area contributed by atoms with Gasteiger partial charge in [-0.05, 0) is 42.2 Å². The smallest absolute Gasteiger partial charge is 0.276 e. The molecule has 0 aliphatic heterocycles. The lowest BCUT2D eigenvalue weighted by Crippen LogP contribution is -2.44. The van der Waals surface area contributed by atoms with Crippen molar-refractivity contribution < 1.29 is 14.3 Å². The van der Waals surface area contributed by atoms with Gasteiger partial charge < -0.3 is 4.74 Å². The number of benzene rings is 2. The topological polar surface area (TPSA) is 67.4 Å². The number of aryl methyl sites for hydroxylation is 1. The van der Waals surface area contributed by atoms with Gasteiger partial charge >= 0.3 is 0 Å². The van der Waals surface area contributed by atoms with Crippen LogP contribution >= 0.6 is 11.8 Å². The van der Waals surface area contributed by atoms with Gasteiger partial charge in [-0.15, -0.1) is 11.8 Å². The number of hydrazine groups is 1. The van der Waals surface area contributed by atoms with Crippen LogP contribution in [0.4, 0.5) is 0 Å². The van der Waals surface area contributed by atoms with E-state index in [0.717, 1.165) is 16.0 Å². The fraction of sp³-hybridized carbons (Fsp3) is 0.333. The average molecular weight is 387 g/mol. The SMILES string of the molecule is Cc1ccc(C(C)C)c(OCC(=O)NNC(=O)CCSc2ccccc2)c1. The van der Waals surface area contributed by atoms with Gasteiger partial charge in [0.15, 0.2) is 6.61 Å².